The van der Waals surface area contributed by atoms with Crippen molar-refractivity contribution >= 4 is 17.5 Å². The van der Waals surface area contributed by atoms with Crippen LogP contribution >= 0.6 is 11.6 Å². The molecule has 4 aromatic rings. The van der Waals surface area contributed by atoms with E-state index in [1.807, 2.05) is 66.7 Å². The number of ether oxygens (including phenoxy) is 3. The third-order valence-electron chi connectivity index (χ3n) is 7.27. The van der Waals surface area contributed by atoms with Gasteiger partial charge in [-0.05, 0) is 74.5 Å². The Balaban J connectivity index is 1.33. The largest absolute Gasteiger partial charge is 0.497 e. The number of hydrogen-bond acceptors (Lipinski definition) is 8. The number of piperidine rings is 1. The van der Waals surface area contributed by atoms with Gasteiger partial charge in [-0.25, -0.2) is 0 Å². The maximum absolute atomic E-state index is 9.81. The highest BCUT2D eigenvalue weighted by Gasteiger charge is 2.27. The SMILES string of the molecule is COc1ccc(OC)c([C@@H](CNc2oc(-c3ccc(OCc4ccccc4Cl)cc3)nc2C#N)N2CCCCC2)c1. The van der Waals surface area contributed by atoms with Crippen LogP contribution in [0.25, 0.3) is 11.5 Å². The molecular weight excluding hydrogens is 540 g/mol. The smallest absolute Gasteiger partial charge is 0.232 e. The summed E-state index contributed by atoms with van der Waals surface area (Å²) in [6, 6.07) is 23.0. The van der Waals surface area contributed by atoms with Gasteiger partial charge in [-0.1, -0.05) is 36.2 Å². The Morgan fingerprint density at radius 2 is 1.76 bits per heavy atom. The van der Waals surface area contributed by atoms with Crippen LogP contribution in [0, 0.1) is 11.3 Å². The van der Waals surface area contributed by atoms with E-state index < -0.39 is 0 Å². The Morgan fingerprint density at radius 1 is 1.00 bits per heavy atom. The summed E-state index contributed by atoms with van der Waals surface area (Å²) in [7, 11) is 3.34. The molecule has 1 N–H and O–H groups in total. The van der Waals surface area contributed by atoms with E-state index in [2.05, 4.69) is 21.3 Å². The number of anilines is 1. The lowest BCUT2D eigenvalue weighted by atomic mass is 10.00. The van der Waals surface area contributed by atoms with Gasteiger partial charge in [-0.3, -0.25) is 4.90 Å². The Morgan fingerprint density at radius 3 is 2.46 bits per heavy atom. The van der Waals surface area contributed by atoms with Crippen molar-refractivity contribution in [3.8, 4) is 34.8 Å². The summed E-state index contributed by atoms with van der Waals surface area (Å²) in [5, 5.41) is 13.8. The summed E-state index contributed by atoms with van der Waals surface area (Å²) in [5.41, 5.74) is 2.87. The number of benzene rings is 3. The summed E-state index contributed by atoms with van der Waals surface area (Å²) in [5.74, 6) is 2.94. The molecule has 1 fully saturated rings. The van der Waals surface area contributed by atoms with Crippen LogP contribution in [0.5, 0.6) is 17.2 Å². The second-order valence-electron chi connectivity index (χ2n) is 9.81. The minimum atomic E-state index is -0.0185. The Kier molecular flexibility index (Phi) is 9.29. The van der Waals surface area contributed by atoms with Crippen molar-refractivity contribution in [3.05, 3.63) is 88.6 Å². The monoisotopic (exact) mass is 572 g/mol. The van der Waals surface area contributed by atoms with Gasteiger partial charge in [0.05, 0.1) is 20.3 Å². The second-order valence-corrected chi connectivity index (χ2v) is 10.2. The minimum absolute atomic E-state index is 0.0185. The van der Waals surface area contributed by atoms with Gasteiger partial charge in [0.2, 0.25) is 17.5 Å². The zero-order valence-corrected chi connectivity index (χ0v) is 24.0. The van der Waals surface area contributed by atoms with Crippen molar-refractivity contribution < 1.29 is 18.6 Å². The standard InChI is InChI=1S/C32H33ClN4O4/c1-38-25-14-15-30(39-2)26(18-25)29(37-16-6-3-7-17-37)20-35-32-28(19-34)36-31(41-32)22-10-12-24(13-11-22)40-21-23-8-4-5-9-27(23)33/h4-5,8-15,18,29,35H,3,6-7,16-17,20-21H2,1-2H3/t29-/m1/s1. The summed E-state index contributed by atoms with van der Waals surface area (Å²) in [6.45, 7) is 2.82. The van der Waals surface area contributed by atoms with Crippen LogP contribution in [0.3, 0.4) is 0 Å². The molecule has 5 rings (SSSR count). The molecule has 0 aliphatic carbocycles. The number of halogens is 1. The van der Waals surface area contributed by atoms with E-state index in [9.17, 15) is 5.26 Å². The third-order valence-corrected chi connectivity index (χ3v) is 7.64. The Labute approximate surface area is 245 Å². The number of nitrogens with one attached hydrogen (secondary N) is 1. The molecule has 1 aromatic heterocycles. The number of nitriles is 1. The van der Waals surface area contributed by atoms with E-state index in [1.165, 1.54) is 6.42 Å². The first-order chi connectivity index (χ1) is 20.1. The molecule has 3 aromatic carbocycles. The fraction of sp³-hybridized carbons (Fsp3) is 0.312. The fourth-order valence-corrected chi connectivity index (χ4v) is 5.25. The van der Waals surface area contributed by atoms with Crippen molar-refractivity contribution in [1.82, 2.24) is 9.88 Å². The van der Waals surface area contributed by atoms with Crippen LogP contribution in [0.4, 0.5) is 5.88 Å². The predicted octanol–water partition coefficient (Wildman–Crippen LogP) is 7.10. The molecule has 1 aliphatic rings. The summed E-state index contributed by atoms with van der Waals surface area (Å²) in [4.78, 5) is 6.89. The lowest BCUT2D eigenvalue weighted by molar-refractivity contribution is 0.167. The highest BCUT2D eigenvalue weighted by molar-refractivity contribution is 6.31. The molecule has 2 heterocycles. The van der Waals surface area contributed by atoms with Crippen LogP contribution in [0.2, 0.25) is 5.02 Å². The molecule has 0 radical (unpaired) electrons. The van der Waals surface area contributed by atoms with Crippen molar-refractivity contribution in [2.45, 2.75) is 31.9 Å². The van der Waals surface area contributed by atoms with Gasteiger partial charge in [0.1, 0.15) is 29.9 Å². The molecule has 8 nitrogen and oxygen atoms in total. The van der Waals surface area contributed by atoms with Gasteiger partial charge in [0.25, 0.3) is 0 Å². The van der Waals surface area contributed by atoms with Crippen LogP contribution in [0.15, 0.2) is 71.1 Å². The van der Waals surface area contributed by atoms with Crippen LogP contribution in [0.1, 0.15) is 42.1 Å². The maximum Gasteiger partial charge on any atom is 0.232 e. The normalized spacial score (nSPS) is 14.2. The van der Waals surface area contributed by atoms with Crippen LogP contribution < -0.4 is 19.5 Å². The van der Waals surface area contributed by atoms with Gasteiger partial charge in [-0.2, -0.15) is 10.2 Å². The number of rotatable bonds is 11. The fourth-order valence-electron chi connectivity index (χ4n) is 5.06. The minimum Gasteiger partial charge on any atom is -0.497 e. The highest BCUT2D eigenvalue weighted by atomic mass is 35.5. The molecule has 0 unspecified atom stereocenters. The molecule has 1 aliphatic heterocycles. The van der Waals surface area contributed by atoms with E-state index in [0.717, 1.165) is 54.1 Å². The van der Waals surface area contributed by atoms with Crippen molar-refractivity contribution in [2.24, 2.45) is 0 Å². The molecule has 0 spiro atoms. The van der Waals surface area contributed by atoms with Gasteiger partial charge >= 0.3 is 0 Å². The lowest BCUT2D eigenvalue weighted by Crippen LogP contribution is -2.37. The molecule has 0 bridgehead atoms. The Bertz CT molecular complexity index is 1490. The summed E-state index contributed by atoms with van der Waals surface area (Å²) in [6.07, 6.45) is 3.49. The quantitative estimate of drug-likeness (QED) is 0.203. The lowest BCUT2D eigenvalue weighted by Gasteiger charge is -2.35. The first kappa shape index (κ1) is 28.3. The van der Waals surface area contributed by atoms with Gasteiger partial charge in [-0.15, -0.1) is 0 Å². The summed E-state index contributed by atoms with van der Waals surface area (Å²) >= 11 is 6.23. The average Bonchev–Trinajstić information content (AvgIpc) is 3.44. The first-order valence-electron chi connectivity index (χ1n) is 13.7. The zero-order chi connectivity index (χ0) is 28.6. The molecule has 0 saturated carbocycles. The van der Waals surface area contributed by atoms with Crippen molar-refractivity contribution in [3.63, 3.8) is 0 Å². The number of nitrogens with zero attached hydrogens (tertiary/aromatic N) is 3. The highest BCUT2D eigenvalue weighted by Crippen LogP contribution is 2.35. The van der Waals surface area contributed by atoms with Crippen molar-refractivity contribution in [1.29, 1.82) is 5.26 Å². The Hall–Kier alpha value is -4.19. The first-order valence-corrected chi connectivity index (χ1v) is 14.0. The molecule has 1 atom stereocenters. The number of hydrogen-bond donors (Lipinski definition) is 1. The number of likely N-dealkylation sites (tertiary alicyclic amines) is 1. The van der Waals surface area contributed by atoms with Crippen molar-refractivity contribution in [2.75, 3.05) is 39.2 Å². The average molecular weight is 573 g/mol. The van der Waals surface area contributed by atoms with E-state index in [1.54, 1.807) is 14.2 Å². The van der Waals surface area contributed by atoms with Crippen LogP contribution in [-0.4, -0.2) is 43.7 Å². The van der Waals surface area contributed by atoms with Gasteiger partial charge in [0, 0.05) is 28.3 Å². The predicted molar refractivity (Wildman–Crippen MR) is 159 cm³/mol. The van der Waals surface area contributed by atoms with Crippen LogP contribution in [-0.2, 0) is 6.61 Å². The van der Waals surface area contributed by atoms with E-state index in [0.29, 0.717) is 35.7 Å². The third kappa shape index (κ3) is 6.76. The van der Waals surface area contributed by atoms with Gasteiger partial charge < -0.3 is 23.9 Å². The molecule has 1 saturated heterocycles. The van der Waals surface area contributed by atoms with E-state index >= 15 is 0 Å². The molecule has 212 valence electrons. The topological polar surface area (TPSA) is 92.8 Å². The van der Waals surface area contributed by atoms with E-state index in [4.69, 9.17) is 30.2 Å². The molecular formula is C32H33ClN4O4. The number of aromatic nitrogens is 1. The number of oxazole rings is 1. The summed E-state index contributed by atoms with van der Waals surface area (Å²) < 4.78 is 23.2. The molecule has 41 heavy (non-hydrogen) atoms. The maximum atomic E-state index is 9.81. The zero-order valence-electron chi connectivity index (χ0n) is 23.2. The van der Waals surface area contributed by atoms with Gasteiger partial charge in [0.15, 0.2) is 0 Å². The second kappa shape index (κ2) is 13.4. The molecule has 0 amide bonds. The van der Waals surface area contributed by atoms with E-state index in [-0.39, 0.29) is 11.7 Å². The number of methoxy groups -OCH3 is 2. The molecule has 9 heteroatoms.